The molecule has 3 N–H and O–H groups in total. The predicted molar refractivity (Wildman–Crippen MR) is 37.6 cm³/mol. The molecule has 1 aliphatic rings. The molecule has 4 heteroatoms. The molecule has 0 aromatic rings. The van der Waals surface area contributed by atoms with E-state index in [2.05, 4.69) is 5.32 Å². The molecule has 1 fully saturated rings. The largest absolute Gasteiger partial charge is 0.345 e. The van der Waals surface area contributed by atoms with E-state index in [-0.39, 0.29) is 0 Å². The Morgan fingerprint density at radius 2 is 2.10 bits per heavy atom. The fourth-order valence-corrected chi connectivity index (χ4v) is 1.06. The lowest BCUT2D eigenvalue weighted by Crippen LogP contribution is -2.46. The van der Waals surface area contributed by atoms with Crippen molar-refractivity contribution in [2.24, 2.45) is 5.73 Å². The summed E-state index contributed by atoms with van der Waals surface area (Å²) in [7, 11) is 1.85. The van der Waals surface area contributed by atoms with E-state index >= 15 is 0 Å². The Labute approximate surface area is 60.7 Å². The molecule has 4 nitrogen and oxygen atoms in total. The lowest BCUT2D eigenvalue weighted by molar-refractivity contribution is -0.144. The van der Waals surface area contributed by atoms with Gasteiger partial charge in [-0.1, -0.05) is 0 Å². The van der Waals surface area contributed by atoms with Crippen molar-refractivity contribution in [1.29, 1.82) is 0 Å². The van der Waals surface area contributed by atoms with Gasteiger partial charge in [0.25, 0.3) is 0 Å². The van der Waals surface area contributed by atoms with Crippen molar-refractivity contribution in [3.8, 4) is 0 Å². The van der Waals surface area contributed by atoms with Crippen LogP contribution in [0.3, 0.4) is 0 Å². The predicted octanol–water partition coefficient (Wildman–Crippen LogP) is -1.09. The van der Waals surface area contributed by atoms with Crippen LogP contribution in [0.15, 0.2) is 0 Å². The maximum Gasteiger partial charge on any atom is 0.193 e. The van der Waals surface area contributed by atoms with E-state index in [0.29, 0.717) is 26.3 Å². The van der Waals surface area contributed by atoms with Crippen LogP contribution in [0.25, 0.3) is 0 Å². The second kappa shape index (κ2) is 3.30. The quantitative estimate of drug-likeness (QED) is 0.531. The first-order chi connectivity index (χ1) is 4.83. The van der Waals surface area contributed by atoms with Crippen LogP contribution < -0.4 is 11.1 Å². The van der Waals surface area contributed by atoms with Crippen LogP contribution in [0, 0.1) is 0 Å². The molecule has 1 heterocycles. The summed E-state index contributed by atoms with van der Waals surface area (Å²) in [4.78, 5) is 0. The van der Waals surface area contributed by atoms with Gasteiger partial charge in [-0.05, 0) is 7.05 Å². The van der Waals surface area contributed by atoms with E-state index in [9.17, 15) is 0 Å². The molecule has 0 amide bonds. The van der Waals surface area contributed by atoms with Crippen molar-refractivity contribution in [2.75, 3.05) is 33.4 Å². The summed E-state index contributed by atoms with van der Waals surface area (Å²) in [6.07, 6.45) is 0. The molecular weight excluding hydrogens is 132 g/mol. The Morgan fingerprint density at radius 1 is 1.50 bits per heavy atom. The maximum absolute atomic E-state index is 5.46. The van der Waals surface area contributed by atoms with Crippen LogP contribution >= 0.6 is 0 Å². The third-order valence-electron chi connectivity index (χ3n) is 1.57. The van der Waals surface area contributed by atoms with Crippen molar-refractivity contribution in [1.82, 2.24) is 5.32 Å². The highest BCUT2D eigenvalue weighted by molar-refractivity contribution is 4.76. The molecule has 0 radical (unpaired) electrons. The van der Waals surface area contributed by atoms with Crippen molar-refractivity contribution < 1.29 is 9.47 Å². The Bertz CT molecular complexity index is 102. The minimum atomic E-state index is -0.547. The first-order valence-corrected chi connectivity index (χ1v) is 3.45. The average Bonchev–Trinajstić information content (AvgIpc) is 2.39. The summed E-state index contributed by atoms with van der Waals surface area (Å²) in [6.45, 7) is 2.37. The lowest BCUT2D eigenvalue weighted by Gasteiger charge is -2.24. The van der Waals surface area contributed by atoms with E-state index < -0.39 is 5.79 Å². The topological polar surface area (TPSA) is 56.5 Å². The van der Waals surface area contributed by atoms with Crippen molar-refractivity contribution in [3.63, 3.8) is 0 Å². The van der Waals surface area contributed by atoms with Gasteiger partial charge in [0.05, 0.1) is 19.8 Å². The molecule has 0 aromatic heterocycles. The summed E-state index contributed by atoms with van der Waals surface area (Å²) in [5.41, 5.74) is 5.46. The molecule has 1 aliphatic heterocycles. The lowest BCUT2D eigenvalue weighted by atomic mass is 10.3. The minimum absolute atomic E-state index is 0.411. The molecule has 0 aliphatic carbocycles. The molecule has 0 saturated carbocycles. The van der Waals surface area contributed by atoms with E-state index in [0.717, 1.165) is 0 Å². The first kappa shape index (κ1) is 7.94. The molecule has 1 rings (SSSR count). The molecule has 0 bridgehead atoms. The zero-order valence-electron chi connectivity index (χ0n) is 6.22. The van der Waals surface area contributed by atoms with Crippen LogP contribution in [0.5, 0.6) is 0 Å². The highest BCUT2D eigenvalue weighted by atomic mass is 16.7. The number of nitrogens with one attached hydrogen (secondary N) is 1. The second-order valence-electron chi connectivity index (χ2n) is 2.34. The number of hydrogen-bond acceptors (Lipinski definition) is 4. The molecule has 0 aromatic carbocycles. The van der Waals surface area contributed by atoms with Crippen LogP contribution in [-0.2, 0) is 9.47 Å². The van der Waals surface area contributed by atoms with Crippen LogP contribution in [-0.4, -0.2) is 39.1 Å². The summed E-state index contributed by atoms with van der Waals surface area (Å²) < 4.78 is 10.6. The maximum atomic E-state index is 5.46. The Hall–Kier alpha value is -0.160. The fourth-order valence-electron chi connectivity index (χ4n) is 1.06. The zero-order chi connectivity index (χ0) is 7.45. The van der Waals surface area contributed by atoms with Gasteiger partial charge in [0.1, 0.15) is 0 Å². The zero-order valence-corrected chi connectivity index (χ0v) is 6.22. The third-order valence-corrected chi connectivity index (χ3v) is 1.57. The van der Waals surface area contributed by atoms with Gasteiger partial charge in [0.2, 0.25) is 0 Å². The number of nitrogens with two attached hydrogens (primary N) is 1. The molecule has 0 spiro atoms. The molecular formula is C6H14N2O2. The van der Waals surface area contributed by atoms with Gasteiger partial charge in [-0.25, -0.2) is 0 Å². The Morgan fingerprint density at radius 3 is 2.50 bits per heavy atom. The van der Waals surface area contributed by atoms with Gasteiger partial charge in [-0.3, -0.25) is 0 Å². The highest BCUT2D eigenvalue weighted by Gasteiger charge is 2.33. The smallest absolute Gasteiger partial charge is 0.193 e. The number of ether oxygens (including phenoxy) is 2. The molecule has 10 heavy (non-hydrogen) atoms. The SMILES string of the molecule is CNCC1(CN)OCCO1. The highest BCUT2D eigenvalue weighted by Crippen LogP contribution is 2.16. The number of rotatable bonds is 3. The summed E-state index contributed by atoms with van der Waals surface area (Å²) in [6, 6.07) is 0. The van der Waals surface area contributed by atoms with E-state index in [1.165, 1.54) is 0 Å². The molecule has 1 saturated heterocycles. The number of hydrogen-bond donors (Lipinski definition) is 2. The van der Waals surface area contributed by atoms with Gasteiger partial charge < -0.3 is 20.5 Å². The molecule has 0 atom stereocenters. The van der Waals surface area contributed by atoms with Crippen molar-refractivity contribution in [2.45, 2.75) is 5.79 Å². The van der Waals surface area contributed by atoms with Gasteiger partial charge in [0, 0.05) is 6.54 Å². The van der Waals surface area contributed by atoms with Crippen LogP contribution in [0.4, 0.5) is 0 Å². The van der Waals surface area contributed by atoms with E-state index in [1.807, 2.05) is 7.05 Å². The fraction of sp³-hybridized carbons (Fsp3) is 1.00. The Balaban J connectivity index is 2.41. The van der Waals surface area contributed by atoms with Gasteiger partial charge in [-0.2, -0.15) is 0 Å². The van der Waals surface area contributed by atoms with E-state index in [1.54, 1.807) is 0 Å². The molecule has 0 unspecified atom stereocenters. The van der Waals surface area contributed by atoms with Crippen molar-refractivity contribution >= 4 is 0 Å². The average molecular weight is 146 g/mol. The van der Waals surface area contributed by atoms with Crippen LogP contribution in [0.1, 0.15) is 0 Å². The van der Waals surface area contributed by atoms with Gasteiger partial charge in [0.15, 0.2) is 5.79 Å². The van der Waals surface area contributed by atoms with E-state index in [4.69, 9.17) is 15.2 Å². The van der Waals surface area contributed by atoms with Crippen molar-refractivity contribution in [3.05, 3.63) is 0 Å². The first-order valence-electron chi connectivity index (χ1n) is 3.45. The Kier molecular flexibility index (Phi) is 2.62. The summed E-state index contributed by atoms with van der Waals surface area (Å²) in [5.74, 6) is -0.547. The monoisotopic (exact) mass is 146 g/mol. The standard InChI is InChI=1S/C6H14N2O2/c1-8-5-6(4-7)9-2-3-10-6/h8H,2-5,7H2,1H3. The minimum Gasteiger partial charge on any atom is -0.345 e. The summed E-state index contributed by atoms with van der Waals surface area (Å²) >= 11 is 0. The van der Waals surface area contributed by atoms with Crippen LogP contribution in [0.2, 0.25) is 0 Å². The number of likely N-dealkylation sites (N-methyl/N-ethyl adjacent to an activating group) is 1. The van der Waals surface area contributed by atoms with Gasteiger partial charge in [-0.15, -0.1) is 0 Å². The normalized spacial score (nSPS) is 23.4. The third kappa shape index (κ3) is 1.46. The second-order valence-corrected chi connectivity index (χ2v) is 2.34. The summed E-state index contributed by atoms with van der Waals surface area (Å²) in [5, 5.41) is 2.97. The molecule has 60 valence electrons. The van der Waals surface area contributed by atoms with Gasteiger partial charge >= 0.3 is 0 Å².